The molecule has 1 heterocycles. The van der Waals surface area contributed by atoms with Crippen LogP contribution < -0.4 is 10.2 Å². The van der Waals surface area contributed by atoms with E-state index in [9.17, 15) is 4.79 Å². The fraction of sp³-hybridized carbons (Fsp3) is 0.400. The Morgan fingerprint density at radius 3 is 2.89 bits per heavy atom. The Balaban J connectivity index is 2.13. The highest BCUT2D eigenvalue weighted by Gasteiger charge is 2.22. The number of hydrogen-bond acceptors (Lipinski definition) is 2. The van der Waals surface area contributed by atoms with Gasteiger partial charge in [0.2, 0.25) is 0 Å². The lowest BCUT2D eigenvalue weighted by atomic mass is 10.1. The first-order chi connectivity index (χ1) is 8.66. The lowest BCUT2D eigenvalue weighted by Crippen LogP contribution is -2.11. The van der Waals surface area contributed by atoms with Crippen molar-refractivity contribution in [2.24, 2.45) is 13.0 Å². The van der Waals surface area contributed by atoms with Gasteiger partial charge in [0.1, 0.15) is 5.75 Å². The number of para-hydroxylation sites is 1. The number of benzene rings is 1. The van der Waals surface area contributed by atoms with Gasteiger partial charge in [-0.15, -0.1) is 0 Å². The molecule has 2 aromatic rings. The topological polar surface area (TPSA) is 31.2 Å². The average Bonchev–Trinajstić information content (AvgIpc) is 3.17. The maximum Gasteiger partial charge on any atom is 0.192 e. The summed E-state index contributed by atoms with van der Waals surface area (Å²) in [4.78, 5) is 12.1. The van der Waals surface area contributed by atoms with Crippen molar-refractivity contribution in [1.29, 1.82) is 0 Å². The van der Waals surface area contributed by atoms with Gasteiger partial charge in [0.05, 0.1) is 12.1 Å². The molecule has 0 amide bonds. The third kappa shape index (κ3) is 1.90. The highest BCUT2D eigenvalue weighted by molar-refractivity contribution is 5.85. The van der Waals surface area contributed by atoms with Crippen molar-refractivity contribution in [2.45, 2.75) is 19.8 Å². The van der Waals surface area contributed by atoms with Crippen LogP contribution in [-0.4, -0.2) is 11.2 Å². The number of fused-ring (bicyclic) bond motifs is 1. The van der Waals surface area contributed by atoms with E-state index in [1.807, 2.05) is 42.9 Å². The number of aryl methyl sites for hydroxylation is 2. The van der Waals surface area contributed by atoms with E-state index in [1.54, 1.807) is 0 Å². The molecule has 18 heavy (non-hydrogen) atoms. The van der Waals surface area contributed by atoms with E-state index < -0.39 is 0 Å². The third-order valence-electron chi connectivity index (χ3n) is 3.51. The van der Waals surface area contributed by atoms with Crippen molar-refractivity contribution in [3.05, 3.63) is 40.2 Å². The van der Waals surface area contributed by atoms with Crippen LogP contribution in [0.3, 0.4) is 0 Å². The van der Waals surface area contributed by atoms with Gasteiger partial charge in [-0.1, -0.05) is 6.07 Å². The Bertz CT molecular complexity index is 653. The van der Waals surface area contributed by atoms with E-state index in [0.717, 1.165) is 28.8 Å². The normalized spacial score (nSPS) is 15.0. The lowest BCUT2D eigenvalue weighted by Gasteiger charge is -2.12. The van der Waals surface area contributed by atoms with Crippen LogP contribution in [0.5, 0.6) is 5.75 Å². The molecule has 3 rings (SSSR count). The molecular weight excluding hydrogens is 226 g/mol. The molecule has 0 spiro atoms. The zero-order chi connectivity index (χ0) is 12.7. The summed E-state index contributed by atoms with van der Waals surface area (Å²) in [5, 5.41) is 0.741. The Kier molecular flexibility index (Phi) is 2.62. The van der Waals surface area contributed by atoms with E-state index in [4.69, 9.17) is 4.74 Å². The molecule has 1 aliphatic carbocycles. The molecule has 0 aliphatic heterocycles. The van der Waals surface area contributed by atoms with Gasteiger partial charge >= 0.3 is 0 Å². The van der Waals surface area contributed by atoms with Crippen LogP contribution in [0.1, 0.15) is 18.4 Å². The monoisotopic (exact) mass is 243 g/mol. The first-order valence-electron chi connectivity index (χ1n) is 6.38. The minimum Gasteiger partial charge on any atom is -0.491 e. The number of rotatable bonds is 3. The molecule has 94 valence electrons. The minimum absolute atomic E-state index is 0.0972. The Morgan fingerprint density at radius 1 is 1.39 bits per heavy atom. The van der Waals surface area contributed by atoms with Crippen LogP contribution in [0.2, 0.25) is 0 Å². The van der Waals surface area contributed by atoms with Crippen LogP contribution in [0.15, 0.2) is 29.2 Å². The summed E-state index contributed by atoms with van der Waals surface area (Å²) in [6.45, 7) is 2.61. The largest absolute Gasteiger partial charge is 0.491 e. The maximum absolute atomic E-state index is 12.1. The molecular formula is C15H17NO2. The zero-order valence-corrected chi connectivity index (χ0v) is 10.8. The summed E-state index contributed by atoms with van der Waals surface area (Å²) in [5.41, 5.74) is 1.76. The van der Waals surface area contributed by atoms with Gasteiger partial charge in [0, 0.05) is 24.2 Å². The number of ether oxygens (including phenoxy) is 1. The average molecular weight is 243 g/mol. The molecule has 0 unspecified atom stereocenters. The quantitative estimate of drug-likeness (QED) is 0.829. The summed E-state index contributed by atoms with van der Waals surface area (Å²) < 4.78 is 7.84. The molecule has 0 saturated heterocycles. The molecule has 1 aromatic heterocycles. The summed E-state index contributed by atoms with van der Waals surface area (Å²) in [5.74, 6) is 1.53. The standard InChI is InChI=1S/C15H17NO2/c1-10-8-16(2)14-12(15(10)17)4-3-5-13(14)18-9-11-6-7-11/h3-5,8,11H,6-7,9H2,1-2H3. The van der Waals surface area contributed by atoms with Crippen molar-refractivity contribution >= 4 is 10.9 Å². The molecule has 3 heteroatoms. The summed E-state index contributed by atoms with van der Waals surface area (Å²) >= 11 is 0. The van der Waals surface area contributed by atoms with Gasteiger partial charge < -0.3 is 9.30 Å². The van der Waals surface area contributed by atoms with Crippen molar-refractivity contribution in [1.82, 2.24) is 4.57 Å². The second-order valence-corrected chi connectivity index (χ2v) is 5.16. The molecule has 0 N–H and O–H groups in total. The molecule has 0 bridgehead atoms. The van der Waals surface area contributed by atoms with E-state index in [1.165, 1.54) is 12.8 Å². The van der Waals surface area contributed by atoms with Gasteiger partial charge in [-0.25, -0.2) is 0 Å². The van der Waals surface area contributed by atoms with Crippen LogP contribution in [0.4, 0.5) is 0 Å². The molecule has 1 fully saturated rings. The van der Waals surface area contributed by atoms with E-state index in [2.05, 4.69) is 0 Å². The van der Waals surface area contributed by atoms with Crippen molar-refractivity contribution in [3.63, 3.8) is 0 Å². The number of nitrogens with zero attached hydrogens (tertiary/aromatic N) is 1. The van der Waals surface area contributed by atoms with E-state index in [-0.39, 0.29) is 5.43 Å². The zero-order valence-electron chi connectivity index (χ0n) is 10.8. The van der Waals surface area contributed by atoms with Gasteiger partial charge in [0.25, 0.3) is 0 Å². The summed E-state index contributed by atoms with van der Waals surface area (Å²) in [7, 11) is 1.96. The van der Waals surface area contributed by atoms with Crippen molar-refractivity contribution in [3.8, 4) is 5.75 Å². The lowest BCUT2D eigenvalue weighted by molar-refractivity contribution is 0.302. The number of pyridine rings is 1. The van der Waals surface area contributed by atoms with Crippen molar-refractivity contribution in [2.75, 3.05) is 6.61 Å². The van der Waals surface area contributed by atoms with E-state index >= 15 is 0 Å². The molecule has 1 saturated carbocycles. The second kappa shape index (κ2) is 4.16. The first kappa shape index (κ1) is 11.3. The molecule has 0 atom stereocenters. The fourth-order valence-electron chi connectivity index (χ4n) is 2.30. The Hall–Kier alpha value is -1.77. The number of hydrogen-bond donors (Lipinski definition) is 0. The fourth-order valence-corrected chi connectivity index (χ4v) is 2.30. The van der Waals surface area contributed by atoms with Crippen molar-refractivity contribution < 1.29 is 4.74 Å². The van der Waals surface area contributed by atoms with Crippen LogP contribution in [0.25, 0.3) is 10.9 Å². The highest BCUT2D eigenvalue weighted by atomic mass is 16.5. The third-order valence-corrected chi connectivity index (χ3v) is 3.51. The molecule has 1 aliphatic rings. The predicted octanol–water partition coefficient (Wildman–Crippen LogP) is 2.64. The van der Waals surface area contributed by atoms with Gasteiger partial charge in [-0.3, -0.25) is 4.79 Å². The smallest absolute Gasteiger partial charge is 0.192 e. The van der Waals surface area contributed by atoms with Gasteiger partial charge in [-0.05, 0) is 37.8 Å². The molecule has 3 nitrogen and oxygen atoms in total. The predicted molar refractivity (Wildman–Crippen MR) is 72.1 cm³/mol. The first-order valence-corrected chi connectivity index (χ1v) is 6.38. The maximum atomic E-state index is 12.1. The highest BCUT2D eigenvalue weighted by Crippen LogP contribution is 2.31. The second-order valence-electron chi connectivity index (χ2n) is 5.16. The Labute approximate surface area is 106 Å². The van der Waals surface area contributed by atoms with Gasteiger partial charge in [0.15, 0.2) is 5.43 Å². The van der Waals surface area contributed by atoms with Crippen LogP contribution in [0, 0.1) is 12.8 Å². The van der Waals surface area contributed by atoms with Crippen LogP contribution >= 0.6 is 0 Å². The Morgan fingerprint density at radius 2 is 2.17 bits per heavy atom. The van der Waals surface area contributed by atoms with E-state index in [0.29, 0.717) is 5.92 Å². The summed E-state index contributed by atoms with van der Waals surface area (Å²) in [6, 6.07) is 5.71. The van der Waals surface area contributed by atoms with Crippen LogP contribution in [-0.2, 0) is 7.05 Å². The number of aromatic nitrogens is 1. The summed E-state index contributed by atoms with van der Waals surface area (Å²) in [6.07, 6.45) is 4.40. The minimum atomic E-state index is 0.0972. The SMILES string of the molecule is Cc1cn(C)c2c(OCC3CC3)cccc2c1=O. The van der Waals surface area contributed by atoms with Gasteiger partial charge in [-0.2, -0.15) is 0 Å². The molecule has 1 aromatic carbocycles. The molecule has 0 radical (unpaired) electrons.